The van der Waals surface area contributed by atoms with E-state index in [9.17, 15) is 17.6 Å². The second kappa shape index (κ2) is 8.81. The van der Waals surface area contributed by atoms with Crippen molar-refractivity contribution in [3.8, 4) is 0 Å². The number of benzene rings is 1. The summed E-state index contributed by atoms with van der Waals surface area (Å²) in [6.45, 7) is 2.35. The molecule has 1 aromatic rings. The molecule has 2 N–H and O–H groups in total. The summed E-state index contributed by atoms with van der Waals surface area (Å²) in [6.07, 6.45) is 3.49. The zero-order valence-corrected chi connectivity index (χ0v) is 16.4. The first-order chi connectivity index (χ1) is 12.2. The van der Waals surface area contributed by atoms with Gasteiger partial charge in [-0.1, -0.05) is 0 Å². The number of hydrogen-bond donors (Lipinski definition) is 2. The van der Waals surface area contributed by atoms with Crippen molar-refractivity contribution in [3.63, 3.8) is 0 Å². The summed E-state index contributed by atoms with van der Waals surface area (Å²) in [5.74, 6) is -0.365. The highest BCUT2D eigenvalue weighted by molar-refractivity contribution is 7.89. The molecule has 0 spiro atoms. The minimum absolute atomic E-state index is 0.0198. The van der Waals surface area contributed by atoms with Crippen LogP contribution in [-0.2, 0) is 10.0 Å². The Hall–Kier alpha value is -1.67. The first-order valence-electron chi connectivity index (χ1n) is 8.97. The summed E-state index contributed by atoms with van der Waals surface area (Å²) in [7, 11) is 0.0277. The van der Waals surface area contributed by atoms with Gasteiger partial charge in [-0.2, -0.15) is 0 Å². The molecule has 0 heterocycles. The standard InChI is InChI=1S/C18H28FN3O3S/c1-4-26(24,25)21-14-7-5-13(6-8-14)12-20-15-9-10-17(19)16(11-15)18(23)22(2)3/h9-11,13-14,20-21H,4-8,12H2,1-3H3/t13-,14-. The van der Waals surface area contributed by atoms with Crippen LogP contribution in [0, 0.1) is 11.7 Å². The number of carbonyl (C=O) groups is 1. The molecule has 1 saturated carbocycles. The van der Waals surface area contributed by atoms with Crippen LogP contribution in [0.2, 0.25) is 0 Å². The maximum atomic E-state index is 13.9. The highest BCUT2D eigenvalue weighted by atomic mass is 32.2. The lowest BCUT2D eigenvalue weighted by molar-refractivity contribution is 0.0823. The van der Waals surface area contributed by atoms with Crippen molar-refractivity contribution < 1.29 is 17.6 Å². The van der Waals surface area contributed by atoms with E-state index < -0.39 is 15.8 Å². The molecule has 6 nitrogen and oxygen atoms in total. The summed E-state index contributed by atoms with van der Waals surface area (Å²) < 4.78 is 39.9. The average Bonchev–Trinajstić information content (AvgIpc) is 2.61. The molecule has 0 unspecified atom stereocenters. The second-order valence-corrected chi connectivity index (χ2v) is 9.06. The Balaban J connectivity index is 1.87. The predicted octanol–water partition coefficient (Wildman–Crippen LogP) is 2.44. The molecule has 0 bridgehead atoms. The molecule has 0 aliphatic heterocycles. The smallest absolute Gasteiger partial charge is 0.256 e. The van der Waals surface area contributed by atoms with Gasteiger partial charge in [0.15, 0.2) is 0 Å². The molecule has 146 valence electrons. The first kappa shape index (κ1) is 20.6. The topological polar surface area (TPSA) is 78.5 Å². The molecule has 0 radical (unpaired) electrons. The number of halogens is 1. The van der Waals surface area contributed by atoms with Crippen LogP contribution in [0.15, 0.2) is 18.2 Å². The minimum Gasteiger partial charge on any atom is -0.385 e. The van der Waals surface area contributed by atoms with Crippen molar-refractivity contribution in [2.75, 3.05) is 31.7 Å². The zero-order chi connectivity index (χ0) is 19.3. The zero-order valence-electron chi connectivity index (χ0n) is 15.6. The van der Waals surface area contributed by atoms with E-state index in [1.165, 1.54) is 11.0 Å². The van der Waals surface area contributed by atoms with Gasteiger partial charge in [-0.05, 0) is 56.7 Å². The van der Waals surface area contributed by atoms with Crippen molar-refractivity contribution >= 4 is 21.6 Å². The number of nitrogens with one attached hydrogen (secondary N) is 2. The number of anilines is 1. The van der Waals surface area contributed by atoms with Gasteiger partial charge in [0, 0.05) is 32.4 Å². The SMILES string of the molecule is CCS(=O)(=O)N[C@H]1CC[C@H](CNc2ccc(F)c(C(=O)N(C)C)c2)CC1. The van der Waals surface area contributed by atoms with Crippen LogP contribution >= 0.6 is 0 Å². The third-order valence-electron chi connectivity index (χ3n) is 4.77. The fourth-order valence-corrected chi connectivity index (χ4v) is 4.03. The number of carbonyl (C=O) groups excluding carboxylic acids is 1. The van der Waals surface area contributed by atoms with Crippen molar-refractivity contribution in [2.45, 2.75) is 38.6 Å². The lowest BCUT2D eigenvalue weighted by Crippen LogP contribution is -2.39. The normalized spacial score (nSPS) is 20.6. The van der Waals surface area contributed by atoms with E-state index >= 15 is 0 Å². The van der Waals surface area contributed by atoms with Gasteiger partial charge >= 0.3 is 0 Å². The Kier molecular flexibility index (Phi) is 7.00. The summed E-state index contributed by atoms with van der Waals surface area (Å²) in [6, 6.07) is 4.49. The highest BCUT2D eigenvalue weighted by Crippen LogP contribution is 2.25. The third-order valence-corrected chi connectivity index (χ3v) is 6.22. The Bertz CT molecular complexity index is 729. The molecule has 1 fully saturated rings. The van der Waals surface area contributed by atoms with E-state index in [2.05, 4.69) is 10.0 Å². The van der Waals surface area contributed by atoms with Gasteiger partial charge in [-0.25, -0.2) is 17.5 Å². The number of nitrogens with zero attached hydrogens (tertiary/aromatic N) is 1. The molecule has 2 rings (SSSR count). The quantitative estimate of drug-likeness (QED) is 0.756. The van der Waals surface area contributed by atoms with Gasteiger partial charge in [0.1, 0.15) is 5.82 Å². The minimum atomic E-state index is -3.15. The summed E-state index contributed by atoms with van der Waals surface area (Å²) in [5.41, 5.74) is 0.767. The molecule has 1 amide bonds. The summed E-state index contributed by atoms with van der Waals surface area (Å²) >= 11 is 0. The van der Waals surface area contributed by atoms with E-state index in [1.54, 1.807) is 33.2 Å². The monoisotopic (exact) mass is 385 g/mol. The summed E-state index contributed by atoms with van der Waals surface area (Å²) in [5, 5.41) is 3.27. The molecule has 1 aromatic carbocycles. The molecule has 1 aliphatic rings. The molecule has 26 heavy (non-hydrogen) atoms. The van der Waals surface area contributed by atoms with Gasteiger partial charge < -0.3 is 10.2 Å². The Morgan fingerprint density at radius 1 is 1.23 bits per heavy atom. The van der Waals surface area contributed by atoms with Gasteiger partial charge in [0.05, 0.1) is 11.3 Å². The number of sulfonamides is 1. The van der Waals surface area contributed by atoms with Crippen LogP contribution in [0.25, 0.3) is 0 Å². The van der Waals surface area contributed by atoms with Crippen LogP contribution < -0.4 is 10.0 Å². The van der Waals surface area contributed by atoms with E-state index in [-0.39, 0.29) is 23.3 Å². The molecule has 0 atom stereocenters. The molecule has 8 heteroatoms. The van der Waals surface area contributed by atoms with Crippen molar-refractivity contribution in [1.29, 1.82) is 0 Å². The van der Waals surface area contributed by atoms with Crippen molar-refractivity contribution in [2.24, 2.45) is 5.92 Å². The lowest BCUT2D eigenvalue weighted by atomic mass is 9.86. The number of amides is 1. The van der Waals surface area contributed by atoms with Crippen LogP contribution in [0.4, 0.5) is 10.1 Å². The first-order valence-corrected chi connectivity index (χ1v) is 10.6. The molecular formula is C18H28FN3O3S. The molecular weight excluding hydrogens is 357 g/mol. The Morgan fingerprint density at radius 2 is 1.88 bits per heavy atom. The van der Waals surface area contributed by atoms with Crippen LogP contribution in [-0.4, -0.2) is 51.7 Å². The second-order valence-electron chi connectivity index (χ2n) is 7.01. The third kappa shape index (κ3) is 5.67. The largest absolute Gasteiger partial charge is 0.385 e. The van der Waals surface area contributed by atoms with Crippen LogP contribution in [0.5, 0.6) is 0 Å². The maximum absolute atomic E-state index is 13.9. The molecule has 0 aromatic heterocycles. The molecule has 1 aliphatic carbocycles. The van der Waals surface area contributed by atoms with E-state index in [0.29, 0.717) is 18.2 Å². The van der Waals surface area contributed by atoms with E-state index in [4.69, 9.17) is 0 Å². The predicted molar refractivity (Wildman–Crippen MR) is 101 cm³/mol. The fraction of sp³-hybridized carbons (Fsp3) is 0.611. The van der Waals surface area contributed by atoms with Crippen molar-refractivity contribution in [3.05, 3.63) is 29.6 Å². The van der Waals surface area contributed by atoms with Gasteiger partial charge in [0.25, 0.3) is 5.91 Å². The number of hydrogen-bond acceptors (Lipinski definition) is 4. The Morgan fingerprint density at radius 3 is 2.46 bits per heavy atom. The van der Waals surface area contributed by atoms with E-state index in [1.807, 2.05) is 0 Å². The maximum Gasteiger partial charge on any atom is 0.256 e. The van der Waals surface area contributed by atoms with Gasteiger partial charge in [0.2, 0.25) is 10.0 Å². The van der Waals surface area contributed by atoms with Gasteiger partial charge in [-0.3, -0.25) is 4.79 Å². The van der Waals surface area contributed by atoms with Crippen molar-refractivity contribution in [1.82, 2.24) is 9.62 Å². The van der Waals surface area contributed by atoms with E-state index in [0.717, 1.165) is 25.7 Å². The average molecular weight is 386 g/mol. The Labute approximate surface area is 155 Å². The number of rotatable bonds is 7. The lowest BCUT2D eigenvalue weighted by Gasteiger charge is -2.29. The molecule has 0 saturated heterocycles. The van der Waals surface area contributed by atoms with Crippen LogP contribution in [0.3, 0.4) is 0 Å². The van der Waals surface area contributed by atoms with Crippen LogP contribution in [0.1, 0.15) is 43.0 Å². The fourth-order valence-electron chi connectivity index (χ4n) is 3.12. The summed E-state index contributed by atoms with van der Waals surface area (Å²) in [4.78, 5) is 13.3. The van der Waals surface area contributed by atoms with Gasteiger partial charge in [-0.15, -0.1) is 0 Å². The highest BCUT2D eigenvalue weighted by Gasteiger charge is 2.24.